The van der Waals surface area contributed by atoms with Gasteiger partial charge in [0.1, 0.15) is 11.4 Å². The van der Waals surface area contributed by atoms with Gasteiger partial charge in [0.15, 0.2) is 0 Å². The number of aromatic hydroxyl groups is 1. The average Bonchev–Trinajstić information content (AvgIpc) is 3.13. The predicted molar refractivity (Wildman–Crippen MR) is 94.3 cm³/mol. The Morgan fingerprint density at radius 2 is 2.12 bits per heavy atom. The average molecular weight is 344 g/mol. The molecule has 134 valence electrons. The van der Waals surface area contributed by atoms with Gasteiger partial charge in [-0.1, -0.05) is 6.42 Å². The summed E-state index contributed by atoms with van der Waals surface area (Å²) in [7, 11) is 0. The molecular formula is C18H24N4O3. The van der Waals surface area contributed by atoms with Gasteiger partial charge < -0.3 is 15.5 Å². The molecule has 0 aliphatic carbocycles. The number of carbonyl (C=O) groups excluding carboxylic acids is 1. The third kappa shape index (κ3) is 4.37. The van der Waals surface area contributed by atoms with E-state index in [1.54, 1.807) is 30.3 Å². The Kier molecular flexibility index (Phi) is 5.67. The molecule has 0 radical (unpaired) electrons. The van der Waals surface area contributed by atoms with Crippen molar-refractivity contribution in [3.8, 4) is 17.0 Å². The van der Waals surface area contributed by atoms with Crippen LogP contribution >= 0.6 is 0 Å². The standard InChI is InChI=1S/C18H24N4O3/c23-12-14-3-1-2-9-22(14)10-8-19-18(25)17-11-16(20-21-17)13-4-6-15(24)7-5-13/h4-7,11,14,23-24H,1-3,8-10,12H2,(H,19,25)(H,20,21)/t14-/m0/s1. The first kappa shape index (κ1) is 17.4. The summed E-state index contributed by atoms with van der Waals surface area (Å²) < 4.78 is 0. The molecule has 1 saturated heterocycles. The Morgan fingerprint density at radius 1 is 1.32 bits per heavy atom. The van der Waals surface area contributed by atoms with Crippen molar-refractivity contribution in [2.24, 2.45) is 0 Å². The zero-order valence-corrected chi connectivity index (χ0v) is 14.1. The van der Waals surface area contributed by atoms with Crippen LogP contribution in [-0.4, -0.2) is 63.5 Å². The van der Waals surface area contributed by atoms with Gasteiger partial charge in [-0.05, 0) is 49.7 Å². The maximum Gasteiger partial charge on any atom is 0.269 e. The molecule has 0 bridgehead atoms. The predicted octanol–water partition coefficient (Wildman–Crippen LogP) is 1.36. The lowest BCUT2D eigenvalue weighted by Gasteiger charge is -2.34. The number of nitrogens with one attached hydrogen (secondary N) is 2. The van der Waals surface area contributed by atoms with Gasteiger partial charge in [-0.15, -0.1) is 0 Å². The molecule has 1 aliphatic rings. The zero-order valence-electron chi connectivity index (χ0n) is 14.1. The molecule has 2 aromatic rings. The number of hydrogen-bond acceptors (Lipinski definition) is 5. The van der Waals surface area contributed by atoms with Crippen LogP contribution in [0.3, 0.4) is 0 Å². The molecule has 1 aliphatic heterocycles. The summed E-state index contributed by atoms with van der Waals surface area (Å²) in [6.07, 6.45) is 3.31. The summed E-state index contributed by atoms with van der Waals surface area (Å²) in [5.74, 6) is -0.00812. The fourth-order valence-electron chi connectivity index (χ4n) is 3.19. The molecule has 2 heterocycles. The molecule has 3 rings (SSSR count). The maximum absolute atomic E-state index is 12.2. The van der Waals surface area contributed by atoms with E-state index in [0.29, 0.717) is 17.9 Å². The lowest BCUT2D eigenvalue weighted by molar-refractivity contribution is 0.0847. The van der Waals surface area contributed by atoms with Gasteiger partial charge in [0.05, 0.1) is 12.3 Å². The van der Waals surface area contributed by atoms with Gasteiger partial charge in [-0.3, -0.25) is 14.8 Å². The van der Waals surface area contributed by atoms with Crippen LogP contribution in [0, 0.1) is 0 Å². The molecule has 1 aromatic heterocycles. The molecule has 1 amide bonds. The number of piperidine rings is 1. The van der Waals surface area contributed by atoms with Crippen LogP contribution in [0.1, 0.15) is 29.8 Å². The second-order valence-corrected chi connectivity index (χ2v) is 6.34. The Hall–Kier alpha value is -2.38. The third-order valence-electron chi connectivity index (χ3n) is 4.63. The first-order valence-electron chi connectivity index (χ1n) is 8.65. The first-order valence-corrected chi connectivity index (χ1v) is 8.65. The van der Waals surface area contributed by atoms with E-state index in [0.717, 1.165) is 37.9 Å². The maximum atomic E-state index is 12.2. The van der Waals surface area contributed by atoms with E-state index in [1.165, 1.54) is 0 Å². The summed E-state index contributed by atoms with van der Waals surface area (Å²) in [4.78, 5) is 14.5. The molecule has 1 atom stereocenters. The minimum Gasteiger partial charge on any atom is -0.508 e. The SMILES string of the molecule is O=C(NCCN1CCCC[C@H]1CO)c1cc(-c2ccc(O)cc2)n[nH]1. The summed E-state index contributed by atoms with van der Waals surface area (Å²) in [5, 5.41) is 28.5. The van der Waals surface area contributed by atoms with Crippen LogP contribution in [0.4, 0.5) is 0 Å². The van der Waals surface area contributed by atoms with Gasteiger partial charge in [-0.2, -0.15) is 5.10 Å². The Balaban J connectivity index is 1.52. The second-order valence-electron chi connectivity index (χ2n) is 6.34. The van der Waals surface area contributed by atoms with E-state index in [1.807, 2.05) is 0 Å². The Morgan fingerprint density at radius 3 is 2.88 bits per heavy atom. The van der Waals surface area contributed by atoms with Crippen LogP contribution in [-0.2, 0) is 0 Å². The fourth-order valence-corrected chi connectivity index (χ4v) is 3.19. The molecule has 7 nitrogen and oxygen atoms in total. The van der Waals surface area contributed by atoms with Crippen molar-refractivity contribution in [2.75, 3.05) is 26.2 Å². The van der Waals surface area contributed by atoms with Gasteiger partial charge >= 0.3 is 0 Å². The number of aliphatic hydroxyl groups is 1. The van der Waals surface area contributed by atoms with Crippen molar-refractivity contribution in [2.45, 2.75) is 25.3 Å². The number of phenolic OH excluding ortho intramolecular Hbond substituents is 1. The number of benzene rings is 1. The highest BCUT2D eigenvalue weighted by Gasteiger charge is 2.21. The monoisotopic (exact) mass is 344 g/mol. The molecule has 0 saturated carbocycles. The number of rotatable bonds is 6. The number of amides is 1. The van der Waals surface area contributed by atoms with Crippen LogP contribution < -0.4 is 5.32 Å². The minimum atomic E-state index is -0.199. The second kappa shape index (κ2) is 8.13. The minimum absolute atomic E-state index is 0.171. The van der Waals surface area contributed by atoms with E-state index in [-0.39, 0.29) is 24.3 Å². The highest BCUT2D eigenvalue weighted by Crippen LogP contribution is 2.20. The number of aromatic nitrogens is 2. The normalized spacial score (nSPS) is 18.2. The van der Waals surface area contributed by atoms with E-state index in [2.05, 4.69) is 20.4 Å². The summed E-state index contributed by atoms with van der Waals surface area (Å²) in [6.45, 7) is 2.40. The number of nitrogens with zero attached hydrogens (tertiary/aromatic N) is 2. The van der Waals surface area contributed by atoms with Crippen molar-refractivity contribution >= 4 is 5.91 Å². The largest absolute Gasteiger partial charge is 0.508 e. The van der Waals surface area contributed by atoms with E-state index < -0.39 is 0 Å². The number of likely N-dealkylation sites (tertiary alicyclic amines) is 1. The van der Waals surface area contributed by atoms with Crippen molar-refractivity contribution < 1.29 is 15.0 Å². The van der Waals surface area contributed by atoms with Gasteiger partial charge in [0.2, 0.25) is 0 Å². The molecule has 0 spiro atoms. The van der Waals surface area contributed by atoms with E-state index in [9.17, 15) is 15.0 Å². The van der Waals surface area contributed by atoms with Gasteiger partial charge in [-0.25, -0.2) is 0 Å². The molecule has 7 heteroatoms. The van der Waals surface area contributed by atoms with E-state index >= 15 is 0 Å². The summed E-state index contributed by atoms with van der Waals surface area (Å²) >= 11 is 0. The van der Waals surface area contributed by atoms with Crippen LogP contribution in [0.2, 0.25) is 0 Å². The molecule has 4 N–H and O–H groups in total. The molecule has 0 unspecified atom stereocenters. The first-order chi connectivity index (χ1) is 12.2. The lowest BCUT2D eigenvalue weighted by Crippen LogP contribution is -2.45. The molecule has 1 aromatic carbocycles. The molecular weight excluding hydrogens is 320 g/mol. The van der Waals surface area contributed by atoms with Gasteiger partial charge in [0, 0.05) is 24.7 Å². The lowest BCUT2D eigenvalue weighted by atomic mass is 10.0. The van der Waals surface area contributed by atoms with Crippen LogP contribution in [0.5, 0.6) is 5.75 Å². The molecule has 25 heavy (non-hydrogen) atoms. The number of H-pyrrole nitrogens is 1. The summed E-state index contributed by atoms with van der Waals surface area (Å²) in [6, 6.07) is 8.56. The highest BCUT2D eigenvalue weighted by molar-refractivity contribution is 5.93. The van der Waals surface area contributed by atoms with Crippen LogP contribution in [0.15, 0.2) is 30.3 Å². The number of carbonyl (C=O) groups is 1. The third-order valence-corrected chi connectivity index (χ3v) is 4.63. The number of phenols is 1. The van der Waals surface area contributed by atoms with Crippen molar-refractivity contribution in [1.29, 1.82) is 0 Å². The highest BCUT2D eigenvalue weighted by atomic mass is 16.3. The Bertz CT molecular complexity index is 699. The smallest absolute Gasteiger partial charge is 0.269 e. The van der Waals surface area contributed by atoms with Crippen molar-refractivity contribution in [3.05, 3.63) is 36.0 Å². The zero-order chi connectivity index (χ0) is 17.6. The quantitative estimate of drug-likeness (QED) is 0.634. The van der Waals surface area contributed by atoms with Crippen molar-refractivity contribution in [1.82, 2.24) is 20.4 Å². The molecule has 1 fully saturated rings. The number of aliphatic hydroxyl groups excluding tert-OH is 1. The topological polar surface area (TPSA) is 101 Å². The van der Waals surface area contributed by atoms with Crippen LogP contribution in [0.25, 0.3) is 11.3 Å². The number of hydrogen-bond donors (Lipinski definition) is 4. The number of aromatic amines is 1. The van der Waals surface area contributed by atoms with Crippen molar-refractivity contribution in [3.63, 3.8) is 0 Å². The van der Waals surface area contributed by atoms with E-state index in [4.69, 9.17) is 0 Å². The summed E-state index contributed by atoms with van der Waals surface area (Å²) in [5.41, 5.74) is 1.88. The fraction of sp³-hybridized carbons (Fsp3) is 0.444. The van der Waals surface area contributed by atoms with Gasteiger partial charge in [0.25, 0.3) is 5.91 Å². The Labute approximate surface area is 146 Å².